The molecule has 6 aromatic rings. The first-order chi connectivity index (χ1) is 23.0. The zero-order valence-electron chi connectivity index (χ0n) is 27.3. The summed E-state index contributed by atoms with van der Waals surface area (Å²) in [6, 6.07) is 15.7. The number of aliphatic hydroxyl groups excluding tert-OH is 1. The lowest BCUT2D eigenvalue weighted by Crippen LogP contribution is -2.44. The van der Waals surface area contributed by atoms with E-state index in [1.54, 1.807) is 47.4 Å². The minimum absolute atomic E-state index is 0.0338. The smallest absolute Gasteiger partial charge is 0.265 e. The molecule has 0 amide bonds. The number of anilines is 3. The number of nitrogens with zero attached hydrogens (tertiary/aromatic N) is 6. The van der Waals surface area contributed by atoms with Crippen LogP contribution in [0.4, 0.5) is 21.7 Å². The fourth-order valence-corrected chi connectivity index (χ4v) is 6.28. The predicted molar refractivity (Wildman–Crippen MR) is 187 cm³/mol. The average molecular weight is 649 g/mol. The third kappa shape index (κ3) is 5.52. The highest BCUT2D eigenvalue weighted by Crippen LogP contribution is 2.31. The van der Waals surface area contributed by atoms with Crippen molar-refractivity contribution in [3.63, 3.8) is 0 Å². The number of aromatic amines is 1. The van der Waals surface area contributed by atoms with E-state index in [2.05, 4.69) is 32.1 Å². The molecule has 2 aromatic carbocycles. The number of aliphatic hydroxyl groups is 1. The molecule has 3 N–H and O–H groups in total. The van der Waals surface area contributed by atoms with Crippen LogP contribution in [0.15, 0.2) is 82.8 Å². The molecule has 5 heterocycles. The van der Waals surface area contributed by atoms with Crippen LogP contribution in [0.1, 0.15) is 31.9 Å². The molecule has 7 rings (SSSR count). The van der Waals surface area contributed by atoms with Gasteiger partial charge >= 0.3 is 0 Å². The van der Waals surface area contributed by atoms with Gasteiger partial charge in [-0.05, 0) is 65.9 Å². The Morgan fingerprint density at radius 3 is 2.46 bits per heavy atom. The molecule has 12 heteroatoms. The Kier molecular flexibility index (Phi) is 7.84. The summed E-state index contributed by atoms with van der Waals surface area (Å²) in [5.74, 6) is 0.190. The summed E-state index contributed by atoms with van der Waals surface area (Å²) in [6.07, 6.45) is 4.92. The summed E-state index contributed by atoms with van der Waals surface area (Å²) in [5, 5.41) is 19.4. The molecule has 0 unspecified atom stereocenters. The van der Waals surface area contributed by atoms with Crippen LogP contribution in [0.25, 0.3) is 33.1 Å². The number of benzene rings is 2. The molecule has 1 aliphatic heterocycles. The standard InChI is InChI=1S/C36H37FN8O3/c1-36(2,3)23-18-22-11-13-44(35(48)31(22)26(37)19-23)27-6-5-7-28(25(27)21-46)45-29-10-12-38-34(47)32(29)33(41-45)40-30-9-8-24(20-39-30)43-16-14-42(4)15-17-43/h5-13,18-20,46H,14-17,21H2,1-4H3,(H,38,47)(H,39,40,41). The maximum atomic E-state index is 15.5. The normalized spacial score (nSPS) is 14.2. The molecule has 1 aliphatic rings. The minimum atomic E-state index is -0.600. The quantitative estimate of drug-likeness (QED) is 0.235. The second-order valence-corrected chi connectivity index (χ2v) is 13.2. The maximum absolute atomic E-state index is 15.5. The highest BCUT2D eigenvalue weighted by Gasteiger charge is 2.22. The van der Waals surface area contributed by atoms with Gasteiger partial charge in [0.15, 0.2) is 5.82 Å². The van der Waals surface area contributed by atoms with Gasteiger partial charge in [-0.3, -0.25) is 14.2 Å². The predicted octanol–water partition coefficient (Wildman–Crippen LogP) is 4.84. The summed E-state index contributed by atoms with van der Waals surface area (Å²) in [6.45, 7) is 9.31. The van der Waals surface area contributed by atoms with Crippen molar-refractivity contribution >= 4 is 39.0 Å². The van der Waals surface area contributed by atoms with Gasteiger partial charge in [-0.25, -0.2) is 14.1 Å². The third-order valence-corrected chi connectivity index (χ3v) is 9.06. The first-order valence-corrected chi connectivity index (χ1v) is 15.9. The summed E-state index contributed by atoms with van der Waals surface area (Å²) < 4.78 is 18.4. The fraction of sp³-hybridized carbons (Fsp3) is 0.278. The van der Waals surface area contributed by atoms with Crippen LogP contribution in [0.3, 0.4) is 0 Å². The van der Waals surface area contributed by atoms with E-state index in [1.807, 2.05) is 39.0 Å². The van der Waals surface area contributed by atoms with Gasteiger partial charge in [-0.1, -0.05) is 32.9 Å². The van der Waals surface area contributed by atoms with Gasteiger partial charge in [0.1, 0.15) is 17.0 Å². The number of pyridine rings is 3. The van der Waals surface area contributed by atoms with Crippen molar-refractivity contribution in [1.29, 1.82) is 0 Å². The number of nitrogens with one attached hydrogen (secondary N) is 2. The monoisotopic (exact) mass is 648 g/mol. The number of H-pyrrole nitrogens is 1. The lowest BCUT2D eigenvalue weighted by molar-refractivity contribution is 0.281. The molecule has 0 aliphatic carbocycles. The number of fused-ring (bicyclic) bond motifs is 2. The van der Waals surface area contributed by atoms with Crippen LogP contribution >= 0.6 is 0 Å². The Labute approximate surface area is 275 Å². The van der Waals surface area contributed by atoms with E-state index in [9.17, 15) is 14.7 Å². The summed E-state index contributed by atoms with van der Waals surface area (Å²) in [5.41, 5.74) is 2.27. The van der Waals surface area contributed by atoms with Crippen molar-refractivity contribution in [3.05, 3.63) is 111 Å². The molecule has 4 aromatic heterocycles. The van der Waals surface area contributed by atoms with Crippen molar-refractivity contribution in [3.8, 4) is 11.4 Å². The van der Waals surface area contributed by atoms with Crippen molar-refractivity contribution < 1.29 is 9.50 Å². The number of rotatable bonds is 6. The topological polar surface area (TPSA) is 124 Å². The van der Waals surface area contributed by atoms with E-state index in [4.69, 9.17) is 5.10 Å². The molecule has 0 atom stereocenters. The molecule has 246 valence electrons. The summed E-state index contributed by atoms with van der Waals surface area (Å²) >= 11 is 0. The van der Waals surface area contributed by atoms with Crippen LogP contribution in [-0.4, -0.2) is 67.5 Å². The van der Waals surface area contributed by atoms with Crippen LogP contribution in [0.5, 0.6) is 0 Å². The average Bonchev–Trinajstić information content (AvgIpc) is 3.43. The molecule has 0 saturated carbocycles. The van der Waals surface area contributed by atoms with Crippen LogP contribution in [0.2, 0.25) is 0 Å². The zero-order valence-corrected chi connectivity index (χ0v) is 27.3. The summed E-state index contributed by atoms with van der Waals surface area (Å²) in [7, 11) is 2.11. The Hall–Kier alpha value is -5.33. The van der Waals surface area contributed by atoms with E-state index >= 15 is 4.39 Å². The van der Waals surface area contributed by atoms with E-state index < -0.39 is 18.0 Å². The number of hydrogen-bond acceptors (Lipinski definition) is 8. The first-order valence-electron chi connectivity index (χ1n) is 15.9. The molecule has 1 fully saturated rings. The highest BCUT2D eigenvalue weighted by molar-refractivity contribution is 5.92. The Bertz CT molecular complexity index is 2280. The molecule has 0 spiro atoms. The van der Waals surface area contributed by atoms with E-state index in [0.717, 1.165) is 37.4 Å². The molecule has 0 radical (unpaired) electrons. The summed E-state index contributed by atoms with van der Waals surface area (Å²) in [4.78, 5) is 38.8. The van der Waals surface area contributed by atoms with E-state index in [1.165, 1.54) is 16.8 Å². The van der Waals surface area contributed by atoms with Gasteiger partial charge in [-0.15, -0.1) is 5.10 Å². The third-order valence-electron chi connectivity index (χ3n) is 9.06. The van der Waals surface area contributed by atoms with Gasteiger partial charge in [0.25, 0.3) is 11.1 Å². The molecule has 1 saturated heterocycles. The molecule has 0 bridgehead atoms. The first kappa shape index (κ1) is 31.3. The zero-order chi connectivity index (χ0) is 33.7. The number of piperazine rings is 1. The van der Waals surface area contributed by atoms with Gasteiger partial charge in [-0.2, -0.15) is 0 Å². The van der Waals surface area contributed by atoms with Crippen LogP contribution in [-0.2, 0) is 12.0 Å². The number of halogens is 1. The van der Waals surface area contributed by atoms with E-state index in [-0.39, 0.29) is 22.2 Å². The van der Waals surface area contributed by atoms with Gasteiger partial charge in [0.05, 0.1) is 40.8 Å². The minimum Gasteiger partial charge on any atom is -0.392 e. The van der Waals surface area contributed by atoms with Gasteiger partial charge < -0.3 is 25.2 Å². The van der Waals surface area contributed by atoms with Crippen LogP contribution < -0.4 is 21.3 Å². The fourth-order valence-electron chi connectivity index (χ4n) is 6.28. The number of likely N-dealkylation sites (N-methyl/N-ethyl adjacent to an activating group) is 1. The van der Waals surface area contributed by atoms with Crippen molar-refractivity contribution in [2.24, 2.45) is 0 Å². The highest BCUT2D eigenvalue weighted by atomic mass is 19.1. The number of aromatic nitrogens is 5. The van der Waals surface area contributed by atoms with E-state index in [0.29, 0.717) is 39.0 Å². The molecular formula is C36H37FN8O3. The molecule has 11 nitrogen and oxygen atoms in total. The Morgan fingerprint density at radius 2 is 1.75 bits per heavy atom. The van der Waals surface area contributed by atoms with Crippen molar-refractivity contribution in [2.75, 3.05) is 43.4 Å². The molecule has 48 heavy (non-hydrogen) atoms. The maximum Gasteiger partial charge on any atom is 0.265 e. The SMILES string of the molecule is CN1CCN(c2ccc(Nc3nn(-c4cccc(-n5ccc6cc(C(C)(C)C)cc(F)c6c5=O)c4CO)c4cc[nH]c(=O)c34)nc2)CC1. The Morgan fingerprint density at radius 1 is 0.979 bits per heavy atom. The van der Waals surface area contributed by atoms with Gasteiger partial charge in [0.2, 0.25) is 0 Å². The Balaban J connectivity index is 1.30. The van der Waals surface area contributed by atoms with Crippen molar-refractivity contribution in [1.82, 2.24) is 29.2 Å². The van der Waals surface area contributed by atoms with Gasteiger partial charge in [0, 0.05) is 44.1 Å². The molecular weight excluding hydrogens is 611 g/mol. The van der Waals surface area contributed by atoms with Crippen LogP contribution in [0, 0.1) is 5.82 Å². The second-order valence-electron chi connectivity index (χ2n) is 13.2. The lowest BCUT2D eigenvalue weighted by atomic mass is 9.86. The second kappa shape index (κ2) is 12.0. The van der Waals surface area contributed by atoms with Crippen molar-refractivity contribution in [2.45, 2.75) is 32.8 Å². The largest absolute Gasteiger partial charge is 0.392 e. The number of hydrogen-bond donors (Lipinski definition) is 3. The lowest BCUT2D eigenvalue weighted by Gasteiger charge is -2.33.